The highest BCUT2D eigenvalue weighted by Gasteiger charge is 2.20. The van der Waals surface area contributed by atoms with Gasteiger partial charge in [0.25, 0.3) is 5.91 Å². The number of nitrogens with one attached hydrogen (secondary N) is 4. The lowest BCUT2D eigenvalue weighted by Gasteiger charge is -2.15. The molecular weight excluding hydrogens is 619 g/mol. The summed E-state index contributed by atoms with van der Waals surface area (Å²) in [5.41, 5.74) is 12.2. The number of nitrogen functional groups attached to an aromatic ring is 1. The molecule has 0 fully saturated rings. The highest BCUT2D eigenvalue weighted by atomic mass is 32.2. The summed E-state index contributed by atoms with van der Waals surface area (Å²) in [5.74, 6) is -1.62. The highest BCUT2D eigenvalue weighted by molar-refractivity contribution is 7.92. The molecule has 240 valence electrons. The third kappa shape index (κ3) is 10.5. The number of sulfone groups is 1. The second-order valence-electron chi connectivity index (χ2n) is 10.4. The van der Waals surface area contributed by atoms with Crippen LogP contribution in [0.5, 0.6) is 0 Å². The van der Waals surface area contributed by atoms with Crippen LogP contribution < -0.4 is 27.2 Å². The van der Waals surface area contributed by atoms with Crippen LogP contribution in [0.1, 0.15) is 56.1 Å². The lowest BCUT2D eigenvalue weighted by Crippen LogP contribution is -2.49. The Labute approximate surface area is 267 Å². The number of hydrazine groups is 1. The smallest absolute Gasteiger partial charge is 0.407 e. The summed E-state index contributed by atoms with van der Waals surface area (Å²) in [6, 6.07) is 15.4. The molecule has 3 rings (SSSR count). The third-order valence-electron chi connectivity index (χ3n) is 6.63. The SMILES string of the molecule is CC(C)S(=O)(=O)c1ccc(-c2cnc(N)c(C(=O)NNC(=S)NC(=O)[C@@H](C)CCCCNC(=O)OCc3ccccc3)n2)cc1. The lowest BCUT2D eigenvalue weighted by molar-refractivity contribution is -0.123. The van der Waals surface area contributed by atoms with Gasteiger partial charge >= 0.3 is 6.09 Å². The average molecular weight is 656 g/mol. The first-order valence-corrected chi connectivity index (χ1v) is 16.2. The first kappa shape index (κ1) is 34.9. The number of rotatable bonds is 12. The van der Waals surface area contributed by atoms with Gasteiger partial charge in [0.15, 0.2) is 26.5 Å². The summed E-state index contributed by atoms with van der Waals surface area (Å²) in [7, 11) is -3.44. The predicted octanol–water partition coefficient (Wildman–Crippen LogP) is 3.28. The summed E-state index contributed by atoms with van der Waals surface area (Å²) < 4.78 is 29.9. The number of ether oxygens (including phenoxy) is 1. The number of nitrogens with zero attached hydrogens (tertiary/aromatic N) is 2. The van der Waals surface area contributed by atoms with E-state index in [-0.39, 0.29) is 40.0 Å². The van der Waals surface area contributed by atoms with Crippen molar-refractivity contribution in [1.82, 2.24) is 31.5 Å². The van der Waals surface area contributed by atoms with E-state index in [0.717, 1.165) is 5.56 Å². The molecule has 6 N–H and O–H groups in total. The van der Waals surface area contributed by atoms with E-state index < -0.39 is 27.1 Å². The molecule has 0 saturated heterocycles. The van der Waals surface area contributed by atoms with Gasteiger partial charge in [0.05, 0.1) is 22.0 Å². The Balaban J connectivity index is 1.40. The van der Waals surface area contributed by atoms with E-state index in [0.29, 0.717) is 37.1 Å². The summed E-state index contributed by atoms with van der Waals surface area (Å²) in [5, 5.41) is 4.50. The van der Waals surface area contributed by atoms with Gasteiger partial charge in [-0.3, -0.25) is 20.4 Å². The number of unbranched alkanes of at least 4 members (excludes halogenated alkanes) is 1. The molecule has 0 saturated carbocycles. The fraction of sp³-hybridized carbons (Fsp3) is 0.333. The van der Waals surface area contributed by atoms with Crippen LogP contribution in [0, 0.1) is 5.92 Å². The quantitative estimate of drug-likeness (QED) is 0.109. The number of hydrogen-bond donors (Lipinski definition) is 5. The van der Waals surface area contributed by atoms with Crippen LogP contribution in [-0.2, 0) is 26.0 Å². The van der Waals surface area contributed by atoms with E-state index >= 15 is 0 Å². The minimum Gasteiger partial charge on any atom is -0.445 e. The number of alkyl carbamates (subject to hydrolysis) is 1. The van der Waals surface area contributed by atoms with Crippen molar-refractivity contribution in [2.75, 3.05) is 12.3 Å². The Morgan fingerprint density at radius 1 is 0.978 bits per heavy atom. The number of amides is 3. The Kier molecular flexibility index (Phi) is 12.7. The molecule has 0 aliphatic rings. The number of carbonyl (C=O) groups excluding carboxylic acids is 3. The van der Waals surface area contributed by atoms with Crippen molar-refractivity contribution in [2.45, 2.75) is 56.8 Å². The van der Waals surface area contributed by atoms with Gasteiger partial charge in [-0.2, -0.15) is 0 Å². The van der Waals surface area contributed by atoms with E-state index in [4.69, 9.17) is 22.7 Å². The van der Waals surface area contributed by atoms with Crippen LogP contribution in [0.4, 0.5) is 10.6 Å². The summed E-state index contributed by atoms with van der Waals surface area (Å²) in [6.07, 6.45) is 2.74. The van der Waals surface area contributed by atoms with E-state index in [9.17, 15) is 22.8 Å². The predicted molar refractivity (Wildman–Crippen MR) is 173 cm³/mol. The van der Waals surface area contributed by atoms with Crippen LogP contribution in [0.2, 0.25) is 0 Å². The van der Waals surface area contributed by atoms with Crippen molar-refractivity contribution in [1.29, 1.82) is 0 Å². The summed E-state index contributed by atoms with van der Waals surface area (Å²) in [6.45, 7) is 5.54. The topological polar surface area (TPSA) is 194 Å². The molecule has 0 spiro atoms. The molecule has 1 atom stereocenters. The van der Waals surface area contributed by atoms with E-state index in [1.54, 1.807) is 32.9 Å². The van der Waals surface area contributed by atoms with Gasteiger partial charge in [-0.15, -0.1) is 0 Å². The second kappa shape index (κ2) is 16.4. The van der Waals surface area contributed by atoms with Crippen molar-refractivity contribution in [3.63, 3.8) is 0 Å². The lowest BCUT2D eigenvalue weighted by atomic mass is 10.0. The van der Waals surface area contributed by atoms with Crippen LogP contribution >= 0.6 is 12.2 Å². The Hall–Kier alpha value is -4.63. The summed E-state index contributed by atoms with van der Waals surface area (Å²) >= 11 is 5.12. The molecule has 0 aliphatic carbocycles. The zero-order valence-electron chi connectivity index (χ0n) is 25.2. The van der Waals surface area contributed by atoms with Gasteiger partial charge in [-0.05, 0) is 56.6 Å². The first-order valence-electron chi connectivity index (χ1n) is 14.2. The number of benzene rings is 2. The maximum atomic E-state index is 12.8. The van der Waals surface area contributed by atoms with Gasteiger partial charge < -0.3 is 21.1 Å². The van der Waals surface area contributed by atoms with E-state index in [1.165, 1.54) is 18.3 Å². The molecular formula is C30H37N7O6S2. The molecule has 3 amide bonds. The number of carbonyl (C=O) groups is 3. The molecule has 0 radical (unpaired) electrons. The van der Waals surface area contributed by atoms with Gasteiger partial charge in [0.2, 0.25) is 5.91 Å². The van der Waals surface area contributed by atoms with E-state index in [2.05, 4.69) is 31.5 Å². The van der Waals surface area contributed by atoms with Gasteiger partial charge in [-0.25, -0.2) is 23.2 Å². The van der Waals surface area contributed by atoms with Crippen molar-refractivity contribution >= 4 is 50.9 Å². The van der Waals surface area contributed by atoms with Crippen LogP contribution in [-0.4, -0.2) is 53.2 Å². The maximum Gasteiger partial charge on any atom is 0.407 e. The zero-order chi connectivity index (χ0) is 33.0. The molecule has 1 heterocycles. The summed E-state index contributed by atoms with van der Waals surface area (Å²) in [4.78, 5) is 45.6. The fourth-order valence-electron chi connectivity index (χ4n) is 3.90. The number of aromatic nitrogens is 2. The molecule has 2 aromatic carbocycles. The monoisotopic (exact) mass is 655 g/mol. The molecule has 0 unspecified atom stereocenters. The van der Waals surface area contributed by atoms with Crippen molar-refractivity contribution in [3.8, 4) is 11.3 Å². The largest absolute Gasteiger partial charge is 0.445 e. The molecule has 13 nitrogen and oxygen atoms in total. The number of hydrogen-bond acceptors (Lipinski definition) is 10. The van der Waals surface area contributed by atoms with Gasteiger partial charge in [-0.1, -0.05) is 55.8 Å². The first-order chi connectivity index (χ1) is 21.4. The number of thiocarbonyl (C=S) groups is 1. The minimum absolute atomic E-state index is 0.132. The minimum atomic E-state index is -3.44. The molecule has 45 heavy (non-hydrogen) atoms. The van der Waals surface area contributed by atoms with Gasteiger partial charge in [0, 0.05) is 18.0 Å². The fourth-order valence-corrected chi connectivity index (χ4v) is 5.11. The Bertz CT molecular complexity index is 1600. The van der Waals surface area contributed by atoms with Crippen molar-refractivity contribution < 1.29 is 27.5 Å². The third-order valence-corrected chi connectivity index (χ3v) is 9.01. The second-order valence-corrected chi connectivity index (χ2v) is 13.3. The van der Waals surface area contributed by atoms with Crippen LogP contribution in [0.15, 0.2) is 65.7 Å². The number of nitrogens with two attached hydrogens (primary N) is 1. The standard InChI is InChI=1S/C30H37N7O6S2/c1-19(2)45(41,42)23-14-12-22(13-15-23)24-17-33-26(31)25(34-24)28(39)36-37-29(44)35-27(38)20(3)9-7-8-16-32-30(40)43-18-21-10-5-4-6-11-21/h4-6,10-15,17,19-20H,7-9,16,18H2,1-3H3,(H2,31,33)(H,32,40)(H,36,39)(H2,35,37,38,44)/t20-/m0/s1. The van der Waals surface area contributed by atoms with E-state index in [1.807, 2.05) is 30.3 Å². The van der Waals surface area contributed by atoms with Crippen LogP contribution in [0.25, 0.3) is 11.3 Å². The van der Waals surface area contributed by atoms with Crippen molar-refractivity contribution in [2.24, 2.45) is 5.92 Å². The average Bonchev–Trinajstić information content (AvgIpc) is 3.03. The Morgan fingerprint density at radius 2 is 1.67 bits per heavy atom. The van der Waals surface area contributed by atoms with Crippen LogP contribution in [0.3, 0.4) is 0 Å². The highest BCUT2D eigenvalue weighted by Crippen LogP contribution is 2.22. The Morgan fingerprint density at radius 3 is 2.33 bits per heavy atom. The normalized spacial score (nSPS) is 11.7. The maximum absolute atomic E-state index is 12.8. The molecule has 3 aromatic rings. The van der Waals surface area contributed by atoms with Gasteiger partial charge in [0.1, 0.15) is 6.61 Å². The molecule has 0 aliphatic heterocycles. The molecule has 1 aromatic heterocycles. The van der Waals surface area contributed by atoms with Crippen molar-refractivity contribution in [3.05, 3.63) is 72.1 Å². The molecule has 0 bridgehead atoms. The zero-order valence-corrected chi connectivity index (χ0v) is 26.8. The molecule has 15 heteroatoms. The number of anilines is 1.